The highest BCUT2D eigenvalue weighted by molar-refractivity contribution is 6.11. The van der Waals surface area contributed by atoms with Crippen molar-refractivity contribution in [2.75, 3.05) is 25.6 Å². The van der Waals surface area contributed by atoms with Crippen LogP contribution in [0.2, 0.25) is 0 Å². The molecule has 6 nitrogen and oxygen atoms in total. The number of rotatable bonds is 3. The quantitative estimate of drug-likeness (QED) is 0.912. The Kier molecular flexibility index (Phi) is 4.11. The summed E-state index contributed by atoms with van der Waals surface area (Å²) >= 11 is 0. The summed E-state index contributed by atoms with van der Waals surface area (Å²) in [5, 5.41) is 2.94. The van der Waals surface area contributed by atoms with Crippen molar-refractivity contribution in [3.8, 4) is 5.75 Å². The standard InChI is InChI=1S/C21H21N3O3/c1-13-8-10-14(11-9-13)24-12-16-18(20(24)25)19(22-21(26)23(16)2)15-6-4-5-7-17(15)27-3/h4-11,19H,12H2,1-3H3,(H,22,26)/t19-/m0/s1. The molecule has 27 heavy (non-hydrogen) atoms. The average Bonchev–Trinajstić information content (AvgIpc) is 3.03. The second kappa shape index (κ2) is 6.46. The third-order valence-corrected chi connectivity index (χ3v) is 5.16. The van der Waals surface area contributed by atoms with Gasteiger partial charge in [0, 0.05) is 18.3 Å². The van der Waals surface area contributed by atoms with E-state index in [1.165, 1.54) is 4.90 Å². The van der Waals surface area contributed by atoms with Crippen LogP contribution in [0.1, 0.15) is 17.2 Å². The zero-order valence-electron chi connectivity index (χ0n) is 15.5. The summed E-state index contributed by atoms with van der Waals surface area (Å²) in [6.45, 7) is 2.37. The van der Waals surface area contributed by atoms with Crippen molar-refractivity contribution in [3.05, 3.63) is 70.9 Å². The number of benzene rings is 2. The Bertz CT molecular complexity index is 949. The fraction of sp³-hybridized carbons (Fsp3) is 0.238. The number of hydrogen-bond acceptors (Lipinski definition) is 3. The van der Waals surface area contributed by atoms with Gasteiger partial charge in [-0.3, -0.25) is 9.69 Å². The Hall–Kier alpha value is -3.28. The highest BCUT2D eigenvalue weighted by atomic mass is 16.5. The number of urea groups is 1. The van der Waals surface area contributed by atoms with Crippen LogP contribution in [0.4, 0.5) is 10.5 Å². The van der Waals surface area contributed by atoms with E-state index in [0.29, 0.717) is 17.9 Å². The Morgan fingerprint density at radius 3 is 2.48 bits per heavy atom. The van der Waals surface area contributed by atoms with Gasteiger partial charge in [0.1, 0.15) is 5.75 Å². The van der Waals surface area contributed by atoms with E-state index in [1.54, 1.807) is 19.1 Å². The summed E-state index contributed by atoms with van der Waals surface area (Å²) in [5.74, 6) is 0.539. The number of para-hydroxylation sites is 1. The lowest BCUT2D eigenvalue weighted by molar-refractivity contribution is -0.114. The average molecular weight is 363 g/mol. The molecule has 0 saturated heterocycles. The SMILES string of the molecule is COc1ccccc1[C@@H]1NC(=O)N(C)C2=C1C(=O)N(c1ccc(C)cc1)C2. The molecule has 0 radical (unpaired) electrons. The van der Waals surface area contributed by atoms with Crippen molar-refractivity contribution in [1.29, 1.82) is 0 Å². The normalized spacial score (nSPS) is 19.3. The molecule has 0 fully saturated rings. The van der Waals surface area contributed by atoms with Crippen molar-refractivity contribution in [3.63, 3.8) is 0 Å². The molecule has 0 bridgehead atoms. The summed E-state index contributed by atoms with van der Waals surface area (Å²) in [7, 11) is 3.27. The van der Waals surface area contributed by atoms with Crippen LogP contribution in [0.5, 0.6) is 5.75 Å². The van der Waals surface area contributed by atoms with Crippen LogP contribution < -0.4 is 15.0 Å². The topological polar surface area (TPSA) is 61.9 Å². The summed E-state index contributed by atoms with van der Waals surface area (Å²) in [5.41, 5.74) is 4.03. The molecule has 138 valence electrons. The number of anilines is 1. The molecule has 4 rings (SSSR count). The van der Waals surface area contributed by atoms with Gasteiger partial charge >= 0.3 is 6.03 Å². The number of methoxy groups -OCH3 is 1. The van der Waals surface area contributed by atoms with Crippen LogP contribution in [-0.4, -0.2) is 37.5 Å². The largest absolute Gasteiger partial charge is 0.496 e. The molecule has 0 aliphatic carbocycles. The highest BCUT2D eigenvalue weighted by Crippen LogP contribution is 2.40. The van der Waals surface area contributed by atoms with Gasteiger partial charge in [-0.1, -0.05) is 35.9 Å². The maximum atomic E-state index is 13.3. The van der Waals surface area contributed by atoms with Crippen LogP contribution in [0.15, 0.2) is 59.8 Å². The predicted octanol–water partition coefficient (Wildman–Crippen LogP) is 3.00. The van der Waals surface area contributed by atoms with Gasteiger partial charge in [-0.15, -0.1) is 0 Å². The first kappa shape index (κ1) is 17.1. The van der Waals surface area contributed by atoms with Gasteiger partial charge < -0.3 is 15.0 Å². The Balaban J connectivity index is 1.78. The molecule has 0 saturated carbocycles. The first-order valence-electron chi connectivity index (χ1n) is 8.80. The van der Waals surface area contributed by atoms with E-state index >= 15 is 0 Å². The number of nitrogens with one attached hydrogen (secondary N) is 1. The smallest absolute Gasteiger partial charge is 0.322 e. The monoisotopic (exact) mass is 363 g/mol. The second-order valence-corrected chi connectivity index (χ2v) is 6.77. The minimum absolute atomic E-state index is 0.100. The van der Waals surface area contributed by atoms with Crippen LogP contribution in [-0.2, 0) is 4.79 Å². The zero-order chi connectivity index (χ0) is 19.1. The van der Waals surface area contributed by atoms with Gasteiger partial charge in [-0.05, 0) is 25.1 Å². The first-order valence-corrected chi connectivity index (χ1v) is 8.80. The fourth-order valence-electron chi connectivity index (χ4n) is 3.64. The van der Waals surface area contributed by atoms with Gasteiger partial charge in [0.05, 0.1) is 31.0 Å². The van der Waals surface area contributed by atoms with Crippen molar-refractivity contribution in [2.45, 2.75) is 13.0 Å². The Morgan fingerprint density at radius 1 is 1.07 bits per heavy atom. The Morgan fingerprint density at radius 2 is 1.78 bits per heavy atom. The lowest BCUT2D eigenvalue weighted by Gasteiger charge is -2.31. The molecule has 2 aromatic rings. The molecule has 2 heterocycles. The molecule has 2 aromatic carbocycles. The molecule has 6 heteroatoms. The molecule has 3 amide bonds. The molecule has 0 aromatic heterocycles. The molecule has 0 unspecified atom stereocenters. The van der Waals surface area contributed by atoms with Crippen LogP contribution in [0.25, 0.3) is 0 Å². The third kappa shape index (κ3) is 2.73. The molecule has 1 atom stereocenters. The number of carbonyl (C=O) groups is 2. The van der Waals surface area contributed by atoms with Gasteiger partial charge in [0.25, 0.3) is 5.91 Å². The summed E-state index contributed by atoms with van der Waals surface area (Å²) in [4.78, 5) is 29.1. The van der Waals surface area contributed by atoms with Crippen molar-refractivity contribution >= 4 is 17.6 Å². The minimum atomic E-state index is -0.539. The van der Waals surface area contributed by atoms with Crippen molar-refractivity contribution in [2.24, 2.45) is 0 Å². The van der Waals surface area contributed by atoms with E-state index in [-0.39, 0.29) is 11.9 Å². The third-order valence-electron chi connectivity index (χ3n) is 5.16. The number of nitrogens with zero attached hydrogens (tertiary/aromatic N) is 2. The van der Waals surface area contributed by atoms with E-state index < -0.39 is 6.04 Å². The zero-order valence-corrected chi connectivity index (χ0v) is 15.5. The van der Waals surface area contributed by atoms with E-state index in [0.717, 1.165) is 22.5 Å². The van der Waals surface area contributed by atoms with Crippen LogP contribution in [0, 0.1) is 6.92 Å². The summed E-state index contributed by atoms with van der Waals surface area (Å²) in [6, 6.07) is 14.5. The summed E-state index contributed by atoms with van der Waals surface area (Å²) in [6.07, 6.45) is 0. The minimum Gasteiger partial charge on any atom is -0.496 e. The molecule has 2 aliphatic heterocycles. The lowest BCUT2D eigenvalue weighted by atomic mass is 9.95. The Labute approximate surface area is 158 Å². The van der Waals surface area contributed by atoms with Gasteiger partial charge in [0.2, 0.25) is 0 Å². The van der Waals surface area contributed by atoms with Crippen LogP contribution in [0.3, 0.4) is 0 Å². The van der Waals surface area contributed by atoms with Gasteiger partial charge in [-0.2, -0.15) is 0 Å². The number of aryl methyl sites for hydroxylation is 1. The number of amides is 3. The maximum Gasteiger partial charge on any atom is 0.322 e. The molecule has 2 aliphatic rings. The van der Waals surface area contributed by atoms with Crippen molar-refractivity contribution < 1.29 is 14.3 Å². The van der Waals surface area contributed by atoms with Gasteiger partial charge in [-0.25, -0.2) is 4.79 Å². The molecule has 0 spiro atoms. The maximum absolute atomic E-state index is 13.3. The lowest BCUT2D eigenvalue weighted by Crippen LogP contribution is -2.45. The number of likely N-dealkylation sites (N-methyl/N-ethyl adjacent to an activating group) is 1. The number of carbonyl (C=O) groups excluding carboxylic acids is 2. The molecular weight excluding hydrogens is 342 g/mol. The van der Waals surface area contributed by atoms with E-state index in [1.807, 2.05) is 55.5 Å². The van der Waals surface area contributed by atoms with Gasteiger partial charge in [0.15, 0.2) is 0 Å². The van der Waals surface area contributed by atoms with Crippen LogP contribution >= 0.6 is 0 Å². The van der Waals surface area contributed by atoms with Crippen molar-refractivity contribution in [1.82, 2.24) is 10.2 Å². The number of ether oxygens (including phenoxy) is 1. The summed E-state index contributed by atoms with van der Waals surface area (Å²) < 4.78 is 5.46. The first-order chi connectivity index (χ1) is 13.0. The molecule has 1 N–H and O–H groups in total. The fourth-order valence-corrected chi connectivity index (χ4v) is 3.64. The number of hydrogen-bond donors (Lipinski definition) is 1. The molecular formula is C21H21N3O3. The second-order valence-electron chi connectivity index (χ2n) is 6.77. The predicted molar refractivity (Wildman–Crippen MR) is 103 cm³/mol. The van der Waals surface area contributed by atoms with E-state index in [2.05, 4.69) is 5.32 Å². The van der Waals surface area contributed by atoms with E-state index in [4.69, 9.17) is 4.74 Å². The van der Waals surface area contributed by atoms with E-state index in [9.17, 15) is 9.59 Å². The highest BCUT2D eigenvalue weighted by Gasteiger charge is 2.44.